The molecule has 2 aromatic heterocycles. The number of aromatic nitrogens is 2. The highest BCUT2D eigenvalue weighted by Gasteiger charge is 2.22. The third kappa shape index (κ3) is 4.34. The molecule has 6 nitrogen and oxygen atoms in total. The van der Waals surface area contributed by atoms with Crippen LogP contribution in [-0.4, -0.2) is 28.0 Å². The molecule has 2 heterocycles. The molecule has 3 aromatic rings. The van der Waals surface area contributed by atoms with Crippen molar-refractivity contribution in [1.29, 1.82) is 0 Å². The zero-order valence-corrected chi connectivity index (χ0v) is 16.0. The Morgan fingerprint density at radius 3 is 2.81 bits per heavy atom. The SMILES string of the molecule is Cc1ccc(C)c(OCc2cc(C(=O)N(C)[C@@H](C)c3cccnc3)no2)c1. The molecular formula is C21H23N3O3. The van der Waals surface area contributed by atoms with Gasteiger partial charge in [-0.2, -0.15) is 0 Å². The minimum atomic E-state index is -0.215. The lowest BCUT2D eigenvalue weighted by atomic mass is 10.1. The highest BCUT2D eigenvalue weighted by atomic mass is 16.5. The molecule has 0 aliphatic carbocycles. The molecule has 140 valence electrons. The monoisotopic (exact) mass is 365 g/mol. The van der Waals surface area contributed by atoms with Gasteiger partial charge in [0, 0.05) is 25.5 Å². The Morgan fingerprint density at radius 1 is 1.26 bits per heavy atom. The van der Waals surface area contributed by atoms with Crippen LogP contribution in [0.1, 0.15) is 45.9 Å². The van der Waals surface area contributed by atoms with E-state index in [0.29, 0.717) is 5.76 Å². The molecule has 1 aromatic carbocycles. The van der Waals surface area contributed by atoms with E-state index >= 15 is 0 Å². The van der Waals surface area contributed by atoms with Gasteiger partial charge in [0.05, 0.1) is 6.04 Å². The molecule has 0 spiro atoms. The molecule has 0 bridgehead atoms. The Bertz CT molecular complexity index is 921. The number of hydrogen-bond acceptors (Lipinski definition) is 5. The molecule has 0 aliphatic rings. The molecule has 1 amide bonds. The first-order chi connectivity index (χ1) is 13.0. The predicted molar refractivity (Wildman–Crippen MR) is 101 cm³/mol. The Morgan fingerprint density at radius 2 is 2.07 bits per heavy atom. The van der Waals surface area contributed by atoms with Gasteiger partial charge in [-0.15, -0.1) is 0 Å². The Kier molecular flexibility index (Phi) is 5.54. The summed E-state index contributed by atoms with van der Waals surface area (Å²) in [5.41, 5.74) is 3.37. The minimum absolute atomic E-state index is 0.127. The van der Waals surface area contributed by atoms with Crippen LogP contribution in [0.2, 0.25) is 0 Å². The molecular weight excluding hydrogens is 342 g/mol. The Labute approximate surface area is 158 Å². The second-order valence-corrected chi connectivity index (χ2v) is 6.61. The summed E-state index contributed by atoms with van der Waals surface area (Å²) in [4.78, 5) is 18.4. The van der Waals surface area contributed by atoms with Gasteiger partial charge in [0.2, 0.25) is 0 Å². The van der Waals surface area contributed by atoms with Gasteiger partial charge in [0.25, 0.3) is 5.91 Å². The van der Waals surface area contributed by atoms with Gasteiger partial charge >= 0.3 is 0 Å². The van der Waals surface area contributed by atoms with E-state index in [9.17, 15) is 4.79 Å². The van der Waals surface area contributed by atoms with Crippen molar-refractivity contribution in [3.8, 4) is 5.75 Å². The smallest absolute Gasteiger partial charge is 0.276 e. The predicted octanol–water partition coefficient (Wildman–Crippen LogP) is 4.10. The molecule has 0 aliphatic heterocycles. The Balaban J connectivity index is 1.66. The number of aryl methyl sites for hydroxylation is 2. The van der Waals surface area contributed by atoms with E-state index in [2.05, 4.69) is 10.1 Å². The van der Waals surface area contributed by atoms with Crippen LogP contribution in [0.15, 0.2) is 53.3 Å². The van der Waals surface area contributed by atoms with E-state index in [-0.39, 0.29) is 24.2 Å². The molecule has 0 saturated heterocycles. The van der Waals surface area contributed by atoms with E-state index in [1.165, 1.54) is 0 Å². The lowest BCUT2D eigenvalue weighted by Crippen LogP contribution is -2.29. The van der Waals surface area contributed by atoms with Crippen LogP contribution >= 0.6 is 0 Å². The fourth-order valence-corrected chi connectivity index (χ4v) is 2.70. The summed E-state index contributed by atoms with van der Waals surface area (Å²) in [5.74, 6) is 1.08. The molecule has 0 radical (unpaired) electrons. The van der Waals surface area contributed by atoms with Gasteiger partial charge in [-0.3, -0.25) is 9.78 Å². The van der Waals surface area contributed by atoms with Crippen molar-refractivity contribution in [2.45, 2.75) is 33.4 Å². The van der Waals surface area contributed by atoms with E-state index in [1.807, 2.05) is 51.1 Å². The summed E-state index contributed by atoms with van der Waals surface area (Å²) in [6.07, 6.45) is 3.46. The maximum absolute atomic E-state index is 12.7. The summed E-state index contributed by atoms with van der Waals surface area (Å²) in [6.45, 7) is 6.15. The molecule has 1 atom stereocenters. The summed E-state index contributed by atoms with van der Waals surface area (Å²) in [5, 5.41) is 3.90. The second-order valence-electron chi connectivity index (χ2n) is 6.61. The summed E-state index contributed by atoms with van der Waals surface area (Å²) >= 11 is 0. The third-order valence-electron chi connectivity index (χ3n) is 4.56. The van der Waals surface area contributed by atoms with Gasteiger partial charge in [-0.05, 0) is 49.6 Å². The fourth-order valence-electron chi connectivity index (χ4n) is 2.70. The number of ether oxygens (including phenoxy) is 1. The molecule has 0 N–H and O–H groups in total. The number of benzene rings is 1. The normalized spacial score (nSPS) is 11.9. The first kappa shape index (κ1) is 18.6. The highest BCUT2D eigenvalue weighted by Crippen LogP contribution is 2.22. The van der Waals surface area contributed by atoms with Crippen molar-refractivity contribution in [2.24, 2.45) is 0 Å². The second kappa shape index (κ2) is 8.03. The van der Waals surface area contributed by atoms with Gasteiger partial charge in [0.1, 0.15) is 12.4 Å². The lowest BCUT2D eigenvalue weighted by molar-refractivity contribution is 0.0731. The van der Waals surface area contributed by atoms with E-state index in [0.717, 1.165) is 22.4 Å². The zero-order valence-electron chi connectivity index (χ0n) is 16.0. The standard InChI is InChI=1S/C21H23N3O3/c1-14-7-8-15(2)20(10-14)26-13-18-11-19(23-27-18)21(25)24(4)16(3)17-6-5-9-22-12-17/h5-12,16H,13H2,1-4H3/t16-/m0/s1. The minimum Gasteiger partial charge on any atom is -0.485 e. The molecule has 6 heteroatoms. The van der Waals surface area contributed by atoms with E-state index < -0.39 is 0 Å². The fraction of sp³-hybridized carbons (Fsp3) is 0.286. The summed E-state index contributed by atoms with van der Waals surface area (Å²) in [6, 6.07) is 11.3. The maximum atomic E-state index is 12.7. The van der Waals surface area contributed by atoms with Gasteiger partial charge in [0.15, 0.2) is 11.5 Å². The summed E-state index contributed by atoms with van der Waals surface area (Å²) < 4.78 is 11.1. The molecule has 0 saturated carbocycles. The quantitative estimate of drug-likeness (QED) is 0.658. The average molecular weight is 365 g/mol. The third-order valence-corrected chi connectivity index (χ3v) is 4.56. The zero-order chi connectivity index (χ0) is 19.4. The van der Waals surface area contributed by atoms with Gasteiger partial charge in [-0.25, -0.2) is 0 Å². The van der Waals surface area contributed by atoms with Crippen molar-refractivity contribution in [3.63, 3.8) is 0 Å². The lowest BCUT2D eigenvalue weighted by Gasteiger charge is -2.24. The number of carbonyl (C=O) groups excluding carboxylic acids is 1. The number of hydrogen-bond donors (Lipinski definition) is 0. The first-order valence-corrected chi connectivity index (χ1v) is 8.78. The van der Waals surface area contributed by atoms with Gasteiger partial charge < -0.3 is 14.2 Å². The molecule has 0 fully saturated rings. The number of nitrogens with zero attached hydrogens (tertiary/aromatic N) is 3. The van der Waals surface area contributed by atoms with Crippen molar-refractivity contribution in [2.75, 3.05) is 7.05 Å². The van der Waals surface area contributed by atoms with Crippen LogP contribution in [0.3, 0.4) is 0 Å². The van der Waals surface area contributed by atoms with Crippen LogP contribution in [-0.2, 0) is 6.61 Å². The topological polar surface area (TPSA) is 68.5 Å². The Hall–Kier alpha value is -3.15. The largest absolute Gasteiger partial charge is 0.485 e. The summed E-state index contributed by atoms with van der Waals surface area (Å²) in [7, 11) is 1.74. The average Bonchev–Trinajstić information content (AvgIpc) is 3.16. The molecule has 27 heavy (non-hydrogen) atoms. The van der Waals surface area contributed by atoms with Crippen molar-refractivity contribution < 1.29 is 14.1 Å². The van der Waals surface area contributed by atoms with Crippen molar-refractivity contribution in [1.82, 2.24) is 15.0 Å². The number of rotatable bonds is 6. The van der Waals surface area contributed by atoms with Crippen LogP contribution in [0.5, 0.6) is 5.75 Å². The first-order valence-electron chi connectivity index (χ1n) is 8.78. The molecule has 0 unspecified atom stereocenters. The van der Waals surface area contributed by atoms with E-state index in [4.69, 9.17) is 9.26 Å². The number of pyridine rings is 1. The van der Waals surface area contributed by atoms with Crippen molar-refractivity contribution in [3.05, 3.63) is 76.9 Å². The van der Waals surface area contributed by atoms with Crippen LogP contribution in [0, 0.1) is 13.8 Å². The van der Waals surface area contributed by atoms with Crippen LogP contribution in [0.4, 0.5) is 0 Å². The van der Waals surface area contributed by atoms with E-state index in [1.54, 1.807) is 30.4 Å². The maximum Gasteiger partial charge on any atom is 0.276 e. The highest BCUT2D eigenvalue weighted by molar-refractivity contribution is 5.92. The molecule has 3 rings (SSSR count). The van der Waals surface area contributed by atoms with Crippen molar-refractivity contribution >= 4 is 5.91 Å². The van der Waals surface area contributed by atoms with Gasteiger partial charge in [-0.1, -0.05) is 23.4 Å². The number of amides is 1. The van der Waals surface area contributed by atoms with Crippen LogP contribution < -0.4 is 4.74 Å². The number of carbonyl (C=O) groups is 1. The van der Waals surface area contributed by atoms with Crippen LogP contribution in [0.25, 0.3) is 0 Å².